The number of amidine groups is 1. The number of aromatic nitrogens is 2. The number of nitrogens with zero attached hydrogens (tertiary/aromatic N) is 4. The fraction of sp³-hybridized carbons (Fsp3) is 0.185. The molecule has 2 aromatic carbocycles. The maximum atomic E-state index is 12.8. The minimum Gasteiger partial charge on any atom is -0.454 e. The van der Waals surface area contributed by atoms with E-state index in [1.807, 2.05) is 72.9 Å². The molecule has 8 nitrogen and oxygen atoms in total. The van der Waals surface area contributed by atoms with Crippen LogP contribution in [0.25, 0.3) is 34.2 Å². The van der Waals surface area contributed by atoms with Crippen molar-refractivity contribution in [2.75, 3.05) is 13.1 Å². The fourth-order valence-corrected chi connectivity index (χ4v) is 5.48. The molecule has 2 aliphatic heterocycles. The highest BCUT2D eigenvalue weighted by atomic mass is 32.2. The average Bonchev–Trinajstić information content (AvgIpc) is 3.61. The number of furan rings is 1. The Balaban J connectivity index is 1.33. The second kappa shape index (κ2) is 9.16. The summed E-state index contributed by atoms with van der Waals surface area (Å²) in [5.74, 6) is -0.0343. The van der Waals surface area contributed by atoms with Gasteiger partial charge in [0.1, 0.15) is 11.3 Å². The number of carbonyl (C=O) groups is 2. The van der Waals surface area contributed by atoms with Crippen LogP contribution in [-0.4, -0.2) is 44.8 Å². The number of rotatable bonds is 4. The van der Waals surface area contributed by atoms with Gasteiger partial charge in [0.15, 0.2) is 10.9 Å². The highest BCUT2D eigenvalue weighted by Crippen LogP contribution is 2.35. The summed E-state index contributed by atoms with van der Waals surface area (Å²) in [7, 11) is 0. The van der Waals surface area contributed by atoms with Gasteiger partial charge in [0, 0.05) is 36.2 Å². The molecule has 0 spiro atoms. The summed E-state index contributed by atoms with van der Waals surface area (Å²) in [4.78, 5) is 31.2. The molecule has 36 heavy (non-hydrogen) atoms. The van der Waals surface area contributed by atoms with Gasteiger partial charge in [0.2, 0.25) is 5.91 Å². The zero-order chi connectivity index (χ0) is 24.6. The Hall–Kier alpha value is -4.11. The molecule has 0 atom stereocenters. The Morgan fingerprint density at radius 1 is 1.08 bits per heavy atom. The molecule has 9 heteroatoms. The molecule has 1 saturated heterocycles. The van der Waals surface area contributed by atoms with Gasteiger partial charge in [-0.1, -0.05) is 36.4 Å². The third kappa shape index (κ3) is 4.22. The number of fused-ring (bicyclic) bond motifs is 1. The number of benzene rings is 2. The first-order valence-corrected chi connectivity index (χ1v) is 12.6. The normalized spacial score (nSPS) is 17.8. The van der Waals surface area contributed by atoms with Crippen molar-refractivity contribution in [2.45, 2.75) is 12.8 Å². The molecule has 0 radical (unpaired) electrons. The van der Waals surface area contributed by atoms with Gasteiger partial charge in [-0.05, 0) is 54.9 Å². The molecule has 0 saturated carbocycles. The summed E-state index contributed by atoms with van der Waals surface area (Å²) in [5, 5.41) is 6.46. The van der Waals surface area contributed by atoms with Crippen molar-refractivity contribution in [3.8, 4) is 17.1 Å². The number of primary amides is 1. The van der Waals surface area contributed by atoms with E-state index in [9.17, 15) is 9.59 Å². The zero-order valence-electron chi connectivity index (χ0n) is 19.3. The van der Waals surface area contributed by atoms with Gasteiger partial charge in [0.25, 0.3) is 5.91 Å². The third-order valence-electron chi connectivity index (χ3n) is 6.49. The van der Waals surface area contributed by atoms with E-state index >= 15 is 0 Å². The Labute approximate surface area is 211 Å². The molecule has 4 aromatic rings. The third-order valence-corrected chi connectivity index (χ3v) is 7.53. The monoisotopic (exact) mass is 497 g/mol. The van der Waals surface area contributed by atoms with E-state index < -0.39 is 0 Å². The highest BCUT2D eigenvalue weighted by molar-refractivity contribution is 8.18. The molecule has 2 aromatic heterocycles. The maximum Gasteiger partial charge on any atom is 0.286 e. The predicted octanol–water partition coefficient (Wildman–Crippen LogP) is 4.45. The number of amides is 2. The summed E-state index contributed by atoms with van der Waals surface area (Å²) >= 11 is 1.35. The summed E-state index contributed by atoms with van der Waals surface area (Å²) in [6.07, 6.45) is 5.06. The number of nitrogens with two attached hydrogens (primary N) is 1. The molecule has 1 fully saturated rings. The van der Waals surface area contributed by atoms with Gasteiger partial charge in [-0.25, -0.2) is 4.68 Å². The molecule has 2 N–H and O–H groups in total. The molecule has 2 aliphatic rings. The van der Waals surface area contributed by atoms with Crippen LogP contribution in [-0.2, 0) is 9.59 Å². The quantitative estimate of drug-likeness (QED) is 0.418. The molecule has 0 aliphatic carbocycles. The molecule has 6 rings (SSSR count). The number of hydrogen-bond donors (Lipinski definition) is 1. The van der Waals surface area contributed by atoms with Crippen LogP contribution in [0.15, 0.2) is 81.2 Å². The van der Waals surface area contributed by atoms with E-state index in [-0.39, 0.29) is 17.7 Å². The summed E-state index contributed by atoms with van der Waals surface area (Å²) in [5.41, 5.74) is 8.54. The van der Waals surface area contributed by atoms with Gasteiger partial charge in [-0.15, -0.1) is 0 Å². The van der Waals surface area contributed by atoms with Gasteiger partial charge in [0.05, 0.1) is 10.6 Å². The maximum absolute atomic E-state index is 12.8. The molecule has 2 amide bonds. The fourth-order valence-electron chi connectivity index (χ4n) is 4.53. The predicted molar refractivity (Wildman–Crippen MR) is 140 cm³/mol. The number of hydrogen-bond acceptors (Lipinski definition) is 6. The van der Waals surface area contributed by atoms with Crippen molar-refractivity contribution in [3.63, 3.8) is 0 Å². The molecule has 0 unspecified atom stereocenters. The van der Waals surface area contributed by atoms with Crippen molar-refractivity contribution in [3.05, 3.63) is 77.3 Å². The van der Waals surface area contributed by atoms with Crippen molar-refractivity contribution < 1.29 is 14.0 Å². The molecular weight excluding hydrogens is 474 g/mol. The van der Waals surface area contributed by atoms with Crippen molar-refractivity contribution in [1.29, 1.82) is 0 Å². The number of aliphatic imine (C=N–C) groups is 1. The number of para-hydroxylation sites is 2. The van der Waals surface area contributed by atoms with E-state index in [0.717, 1.165) is 22.2 Å². The van der Waals surface area contributed by atoms with Crippen LogP contribution in [0.4, 0.5) is 0 Å². The SMILES string of the molecule is NC(=O)C1CCN(C2=NC(=O)C(=Cc3cn(-c4ccccc4)nc3-c3cc4ccccc4o3)S2)CC1. The lowest BCUT2D eigenvalue weighted by Crippen LogP contribution is -2.40. The minimum absolute atomic E-state index is 0.117. The minimum atomic E-state index is -0.282. The Morgan fingerprint density at radius 2 is 1.83 bits per heavy atom. The summed E-state index contributed by atoms with van der Waals surface area (Å²) < 4.78 is 7.90. The second-order valence-corrected chi connectivity index (χ2v) is 9.84. The molecule has 180 valence electrons. The van der Waals surface area contributed by atoms with Crippen LogP contribution in [0.3, 0.4) is 0 Å². The highest BCUT2D eigenvalue weighted by Gasteiger charge is 2.31. The van der Waals surface area contributed by atoms with Crippen LogP contribution in [0, 0.1) is 5.92 Å². The second-order valence-electron chi connectivity index (χ2n) is 8.84. The Kier molecular flexibility index (Phi) is 5.69. The van der Waals surface area contributed by atoms with Crippen molar-refractivity contribution >= 4 is 45.8 Å². The standard InChI is InChI=1S/C27H23N5O3S/c28-25(33)17-10-12-31(13-11-17)27-29-26(34)23(36-27)15-19-16-32(20-7-2-1-3-8-20)30-24(19)22-14-18-6-4-5-9-21(18)35-22/h1-9,14-17H,10-13H2,(H2,28,33). The van der Waals surface area contributed by atoms with E-state index in [1.165, 1.54) is 11.8 Å². The van der Waals surface area contributed by atoms with Gasteiger partial charge < -0.3 is 15.1 Å². The number of carbonyl (C=O) groups excluding carboxylic acids is 2. The Morgan fingerprint density at radius 3 is 2.58 bits per heavy atom. The topological polar surface area (TPSA) is 107 Å². The lowest BCUT2D eigenvalue weighted by molar-refractivity contribution is -0.123. The lowest BCUT2D eigenvalue weighted by Gasteiger charge is -2.31. The van der Waals surface area contributed by atoms with Crippen LogP contribution in [0.1, 0.15) is 18.4 Å². The van der Waals surface area contributed by atoms with Crippen LogP contribution < -0.4 is 5.73 Å². The molecular formula is C27H23N5O3S. The van der Waals surface area contributed by atoms with Crippen LogP contribution in [0.2, 0.25) is 0 Å². The first kappa shape index (κ1) is 22.4. The van der Waals surface area contributed by atoms with Crippen molar-refractivity contribution in [2.24, 2.45) is 16.6 Å². The number of thioether (sulfide) groups is 1. The first-order chi connectivity index (χ1) is 17.5. The van der Waals surface area contributed by atoms with Crippen LogP contribution >= 0.6 is 11.8 Å². The van der Waals surface area contributed by atoms with E-state index in [0.29, 0.717) is 47.5 Å². The number of likely N-dealkylation sites (tertiary alicyclic amines) is 1. The Bertz CT molecular complexity index is 1490. The van der Waals surface area contributed by atoms with E-state index in [4.69, 9.17) is 15.2 Å². The zero-order valence-corrected chi connectivity index (χ0v) is 20.1. The summed E-state index contributed by atoms with van der Waals surface area (Å²) in [6, 6.07) is 19.6. The number of piperidine rings is 1. The lowest BCUT2D eigenvalue weighted by atomic mass is 9.97. The first-order valence-electron chi connectivity index (χ1n) is 11.8. The van der Waals surface area contributed by atoms with Gasteiger partial charge in [-0.3, -0.25) is 9.59 Å². The van der Waals surface area contributed by atoms with Crippen LogP contribution in [0.5, 0.6) is 0 Å². The largest absolute Gasteiger partial charge is 0.454 e. The molecule has 4 heterocycles. The van der Waals surface area contributed by atoms with Gasteiger partial charge in [-0.2, -0.15) is 10.1 Å². The van der Waals surface area contributed by atoms with Gasteiger partial charge >= 0.3 is 0 Å². The average molecular weight is 498 g/mol. The van der Waals surface area contributed by atoms with Crippen molar-refractivity contribution in [1.82, 2.24) is 14.7 Å². The van der Waals surface area contributed by atoms with E-state index in [2.05, 4.69) is 9.89 Å². The molecule has 0 bridgehead atoms. The van der Waals surface area contributed by atoms with E-state index in [1.54, 1.807) is 4.68 Å². The summed E-state index contributed by atoms with van der Waals surface area (Å²) in [6.45, 7) is 1.30. The smallest absolute Gasteiger partial charge is 0.286 e.